The molecule has 1 atom stereocenters. The molecular formula is C18H23N3O3. The molecule has 1 amide bonds. The van der Waals surface area contributed by atoms with Crippen molar-refractivity contribution < 1.29 is 14.6 Å². The van der Waals surface area contributed by atoms with Crippen LogP contribution in [0.25, 0.3) is 0 Å². The number of anilines is 1. The normalized spacial score (nSPS) is 18.1. The Morgan fingerprint density at radius 2 is 2.08 bits per heavy atom. The summed E-state index contributed by atoms with van der Waals surface area (Å²) in [5.74, 6) is 0.614. The number of nitrogens with zero attached hydrogens (tertiary/aromatic N) is 1. The maximum Gasteiger partial charge on any atom is 0.228 e. The van der Waals surface area contributed by atoms with Crippen LogP contribution in [0.5, 0.6) is 0 Å². The number of rotatable bonds is 5. The average molecular weight is 329 g/mol. The molecular weight excluding hydrogens is 306 g/mol. The Morgan fingerprint density at radius 1 is 1.38 bits per heavy atom. The summed E-state index contributed by atoms with van der Waals surface area (Å²) < 4.78 is 5.36. The van der Waals surface area contributed by atoms with Gasteiger partial charge >= 0.3 is 0 Å². The zero-order chi connectivity index (χ0) is 17.0. The van der Waals surface area contributed by atoms with E-state index in [1.54, 1.807) is 6.92 Å². The molecule has 3 N–H and O–H groups in total. The molecule has 6 nitrogen and oxygen atoms in total. The highest BCUT2D eigenvalue weighted by molar-refractivity contribution is 5.90. The van der Waals surface area contributed by atoms with E-state index in [2.05, 4.69) is 15.5 Å². The van der Waals surface area contributed by atoms with Gasteiger partial charge in [0.25, 0.3) is 0 Å². The lowest BCUT2D eigenvalue weighted by atomic mass is 9.92. The molecule has 0 radical (unpaired) electrons. The molecule has 1 saturated heterocycles. The molecule has 24 heavy (non-hydrogen) atoms. The monoisotopic (exact) mass is 329 g/mol. The third-order valence-electron chi connectivity index (χ3n) is 4.43. The van der Waals surface area contributed by atoms with Gasteiger partial charge in [-0.25, -0.2) is 0 Å². The average Bonchev–Trinajstić information content (AvgIpc) is 3.04. The highest BCUT2D eigenvalue weighted by Gasteiger charge is 2.27. The van der Waals surface area contributed by atoms with Crippen molar-refractivity contribution in [2.45, 2.75) is 37.7 Å². The summed E-state index contributed by atoms with van der Waals surface area (Å²) in [7, 11) is 0. The molecule has 2 aromatic rings. The zero-order valence-corrected chi connectivity index (χ0v) is 13.8. The van der Waals surface area contributed by atoms with Crippen LogP contribution in [-0.2, 0) is 15.1 Å². The van der Waals surface area contributed by atoms with Crippen LogP contribution in [0.15, 0.2) is 36.4 Å². The van der Waals surface area contributed by atoms with E-state index >= 15 is 0 Å². The predicted molar refractivity (Wildman–Crippen MR) is 90.6 cm³/mol. The van der Waals surface area contributed by atoms with Gasteiger partial charge in [-0.3, -0.25) is 9.89 Å². The van der Waals surface area contributed by atoms with Gasteiger partial charge in [0.1, 0.15) is 0 Å². The van der Waals surface area contributed by atoms with E-state index in [9.17, 15) is 9.90 Å². The molecule has 3 rings (SSSR count). The fourth-order valence-electron chi connectivity index (χ4n) is 3.02. The molecule has 1 unspecified atom stereocenters. The Balaban J connectivity index is 1.60. The van der Waals surface area contributed by atoms with E-state index in [1.165, 1.54) is 0 Å². The lowest BCUT2D eigenvalue weighted by molar-refractivity contribution is -0.120. The predicted octanol–water partition coefficient (Wildman–Crippen LogP) is 2.54. The second kappa shape index (κ2) is 7.15. The summed E-state index contributed by atoms with van der Waals surface area (Å²) in [5, 5.41) is 20.4. The van der Waals surface area contributed by atoms with E-state index in [0.717, 1.165) is 31.7 Å². The molecule has 0 saturated carbocycles. The molecule has 1 aromatic heterocycles. The number of carbonyl (C=O) groups is 1. The van der Waals surface area contributed by atoms with E-state index in [-0.39, 0.29) is 12.3 Å². The second-order valence-corrected chi connectivity index (χ2v) is 6.46. The minimum Gasteiger partial charge on any atom is -0.385 e. The number of H-pyrrole nitrogens is 1. The van der Waals surface area contributed by atoms with E-state index in [1.807, 2.05) is 36.4 Å². The fraction of sp³-hybridized carbons (Fsp3) is 0.444. The summed E-state index contributed by atoms with van der Waals surface area (Å²) in [6.45, 7) is 3.15. The number of hydrogen-bond acceptors (Lipinski definition) is 4. The van der Waals surface area contributed by atoms with Crippen LogP contribution in [0.4, 0.5) is 5.82 Å². The number of amides is 1. The van der Waals surface area contributed by atoms with Gasteiger partial charge in [0.05, 0.1) is 12.0 Å². The molecule has 2 heterocycles. The van der Waals surface area contributed by atoms with Gasteiger partial charge in [-0.15, -0.1) is 0 Å². The van der Waals surface area contributed by atoms with Gasteiger partial charge in [-0.2, -0.15) is 5.10 Å². The number of ether oxygens (including phenoxy) is 1. The Labute approximate surface area is 141 Å². The first-order chi connectivity index (χ1) is 11.5. The summed E-state index contributed by atoms with van der Waals surface area (Å²) in [5.41, 5.74) is 0.513. The molecule has 128 valence electrons. The first-order valence-electron chi connectivity index (χ1n) is 8.25. The Hall–Kier alpha value is -2.18. The molecule has 6 heteroatoms. The number of aromatic nitrogens is 2. The molecule has 1 fully saturated rings. The maximum absolute atomic E-state index is 12.2. The van der Waals surface area contributed by atoms with Crippen molar-refractivity contribution in [2.24, 2.45) is 0 Å². The maximum atomic E-state index is 12.2. The quantitative estimate of drug-likeness (QED) is 0.787. The van der Waals surface area contributed by atoms with Crippen molar-refractivity contribution >= 4 is 11.7 Å². The van der Waals surface area contributed by atoms with Crippen molar-refractivity contribution in [2.75, 3.05) is 18.5 Å². The Morgan fingerprint density at radius 3 is 2.79 bits per heavy atom. The van der Waals surface area contributed by atoms with Crippen molar-refractivity contribution in [1.82, 2.24) is 10.2 Å². The summed E-state index contributed by atoms with van der Waals surface area (Å²) in [6, 6.07) is 11.0. The largest absolute Gasteiger partial charge is 0.385 e. The Bertz CT molecular complexity index is 676. The van der Waals surface area contributed by atoms with Crippen molar-refractivity contribution in [3.05, 3.63) is 47.7 Å². The number of hydrogen-bond donors (Lipinski definition) is 3. The smallest absolute Gasteiger partial charge is 0.228 e. The van der Waals surface area contributed by atoms with Crippen LogP contribution in [0.3, 0.4) is 0 Å². The van der Waals surface area contributed by atoms with Gasteiger partial charge in [0, 0.05) is 30.9 Å². The highest BCUT2D eigenvalue weighted by atomic mass is 16.5. The van der Waals surface area contributed by atoms with E-state index < -0.39 is 5.60 Å². The van der Waals surface area contributed by atoms with Crippen molar-refractivity contribution in [1.29, 1.82) is 0 Å². The van der Waals surface area contributed by atoms with Crippen LogP contribution < -0.4 is 5.32 Å². The molecule has 1 aliphatic heterocycles. The minimum atomic E-state index is -1.22. The van der Waals surface area contributed by atoms with Crippen molar-refractivity contribution in [3.8, 4) is 0 Å². The molecule has 0 bridgehead atoms. The van der Waals surface area contributed by atoms with Crippen LogP contribution >= 0.6 is 0 Å². The molecule has 0 aliphatic carbocycles. The third-order valence-corrected chi connectivity index (χ3v) is 4.43. The topological polar surface area (TPSA) is 87.2 Å². The van der Waals surface area contributed by atoms with Crippen LogP contribution in [0.1, 0.15) is 43.4 Å². The zero-order valence-electron chi connectivity index (χ0n) is 13.8. The third kappa shape index (κ3) is 4.01. The van der Waals surface area contributed by atoms with Gasteiger partial charge < -0.3 is 15.2 Å². The number of aromatic amines is 1. The van der Waals surface area contributed by atoms with Gasteiger partial charge in [-0.1, -0.05) is 30.3 Å². The minimum absolute atomic E-state index is 0.0313. The van der Waals surface area contributed by atoms with Crippen LogP contribution in [0, 0.1) is 0 Å². The summed E-state index contributed by atoms with van der Waals surface area (Å²) in [6.07, 6.45) is 1.88. The van der Waals surface area contributed by atoms with Crippen LogP contribution in [0.2, 0.25) is 0 Å². The second-order valence-electron chi connectivity index (χ2n) is 6.46. The fourth-order valence-corrected chi connectivity index (χ4v) is 3.02. The molecule has 0 spiro atoms. The van der Waals surface area contributed by atoms with Gasteiger partial charge in [0.15, 0.2) is 5.82 Å². The highest BCUT2D eigenvalue weighted by Crippen LogP contribution is 2.27. The van der Waals surface area contributed by atoms with E-state index in [0.29, 0.717) is 17.3 Å². The SMILES string of the molecule is CC(O)(CC(=O)Nc1cc(C2CCOCC2)[nH]n1)c1ccccc1. The summed E-state index contributed by atoms with van der Waals surface area (Å²) >= 11 is 0. The van der Waals surface area contributed by atoms with Gasteiger partial charge in [0.2, 0.25) is 5.91 Å². The Kier molecular flexibility index (Phi) is 4.97. The number of nitrogens with one attached hydrogen (secondary N) is 2. The van der Waals surface area contributed by atoms with E-state index in [4.69, 9.17) is 4.74 Å². The first-order valence-corrected chi connectivity index (χ1v) is 8.25. The van der Waals surface area contributed by atoms with Gasteiger partial charge in [-0.05, 0) is 25.3 Å². The number of benzene rings is 1. The lowest BCUT2D eigenvalue weighted by Gasteiger charge is -2.22. The standard InChI is InChI=1S/C18H23N3O3/c1-18(23,14-5-3-2-4-6-14)12-17(22)19-16-11-15(20-21-16)13-7-9-24-10-8-13/h2-6,11,13,23H,7-10,12H2,1H3,(H2,19,20,21,22). The lowest BCUT2D eigenvalue weighted by Crippen LogP contribution is -2.28. The number of carbonyl (C=O) groups excluding carboxylic acids is 1. The molecule has 1 aliphatic rings. The van der Waals surface area contributed by atoms with Crippen LogP contribution in [-0.4, -0.2) is 34.4 Å². The molecule has 1 aromatic carbocycles. The number of aliphatic hydroxyl groups is 1. The summed E-state index contributed by atoms with van der Waals surface area (Å²) in [4.78, 5) is 12.2. The first kappa shape index (κ1) is 16.7. The van der Waals surface area contributed by atoms with Crippen molar-refractivity contribution in [3.63, 3.8) is 0 Å².